The highest BCUT2D eigenvalue weighted by Crippen LogP contribution is 2.30. The molecule has 1 atom stereocenters. The number of carbonyl (C=O) groups is 1. The zero-order valence-electron chi connectivity index (χ0n) is 15.2. The molecule has 26 heavy (non-hydrogen) atoms. The van der Waals surface area contributed by atoms with Crippen LogP contribution in [0, 0.1) is 5.92 Å². The van der Waals surface area contributed by atoms with Crippen molar-refractivity contribution >= 4 is 27.5 Å². The summed E-state index contributed by atoms with van der Waals surface area (Å²) in [6.07, 6.45) is 0.962. The fourth-order valence-electron chi connectivity index (χ4n) is 2.97. The number of nitrogens with zero attached hydrogens (tertiary/aromatic N) is 1. The van der Waals surface area contributed by atoms with Gasteiger partial charge in [-0.25, -0.2) is 8.42 Å². The fraction of sp³-hybridized carbons (Fsp3) is 0.588. The number of rotatable bonds is 7. The topological polar surface area (TPSA) is 84.9 Å². The summed E-state index contributed by atoms with van der Waals surface area (Å²) in [5.41, 5.74) is 0. The second-order valence-electron chi connectivity index (χ2n) is 6.34. The molecule has 1 N–H and O–H groups in total. The molecule has 7 nitrogen and oxygen atoms in total. The molecule has 0 saturated carbocycles. The van der Waals surface area contributed by atoms with E-state index in [-0.39, 0.29) is 27.8 Å². The average molecular weight is 405 g/mol. The molecule has 1 aliphatic rings. The second kappa shape index (κ2) is 9.03. The van der Waals surface area contributed by atoms with Gasteiger partial charge in [0.2, 0.25) is 15.9 Å². The summed E-state index contributed by atoms with van der Waals surface area (Å²) < 4.78 is 37.0. The zero-order valence-corrected chi connectivity index (χ0v) is 16.8. The third-order valence-corrected chi connectivity index (χ3v) is 6.58. The summed E-state index contributed by atoms with van der Waals surface area (Å²) in [5.74, 6) is 0.172. The van der Waals surface area contributed by atoms with Crippen LogP contribution >= 0.6 is 11.6 Å². The number of sulfonamides is 1. The van der Waals surface area contributed by atoms with Crippen molar-refractivity contribution in [2.45, 2.75) is 30.7 Å². The molecular formula is C17H25ClN2O5S. The monoisotopic (exact) mass is 404 g/mol. The molecule has 0 radical (unpaired) electrons. The Morgan fingerprint density at radius 2 is 2.00 bits per heavy atom. The van der Waals surface area contributed by atoms with Crippen LogP contribution in [0.5, 0.6) is 5.75 Å². The molecule has 1 saturated heterocycles. The molecule has 1 fully saturated rings. The van der Waals surface area contributed by atoms with E-state index in [1.165, 1.54) is 29.6 Å². The van der Waals surface area contributed by atoms with Gasteiger partial charge in [0, 0.05) is 32.2 Å². The van der Waals surface area contributed by atoms with Gasteiger partial charge in [-0.05, 0) is 38.0 Å². The van der Waals surface area contributed by atoms with Crippen LogP contribution in [-0.2, 0) is 19.6 Å². The highest BCUT2D eigenvalue weighted by Gasteiger charge is 2.32. The second-order valence-corrected chi connectivity index (χ2v) is 8.68. The molecular weight excluding hydrogens is 380 g/mol. The van der Waals surface area contributed by atoms with Gasteiger partial charge < -0.3 is 14.8 Å². The van der Waals surface area contributed by atoms with Crippen LogP contribution in [-0.4, -0.2) is 58.6 Å². The van der Waals surface area contributed by atoms with Crippen molar-refractivity contribution in [3.05, 3.63) is 23.2 Å². The molecule has 0 unspecified atom stereocenters. The molecule has 1 amide bonds. The first-order valence-electron chi connectivity index (χ1n) is 8.42. The van der Waals surface area contributed by atoms with E-state index in [4.69, 9.17) is 21.1 Å². The van der Waals surface area contributed by atoms with Crippen LogP contribution in [0.3, 0.4) is 0 Å². The van der Waals surface area contributed by atoms with E-state index in [0.717, 1.165) is 0 Å². The largest absolute Gasteiger partial charge is 0.495 e. The molecule has 1 aromatic carbocycles. The SMILES string of the molecule is COC[C@@H](C)NC(=O)C1CCN(S(=O)(=O)c2ccc(OC)c(Cl)c2)CC1. The first-order chi connectivity index (χ1) is 12.3. The smallest absolute Gasteiger partial charge is 0.243 e. The van der Waals surface area contributed by atoms with Gasteiger partial charge in [0.15, 0.2) is 0 Å². The van der Waals surface area contributed by atoms with E-state index in [1.54, 1.807) is 7.11 Å². The van der Waals surface area contributed by atoms with E-state index in [9.17, 15) is 13.2 Å². The average Bonchev–Trinajstić information content (AvgIpc) is 2.61. The lowest BCUT2D eigenvalue weighted by molar-refractivity contribution is -0.127. The van der Waals surface area contributed by atoms with Gasteiger partial charge in [-0.2, -0.15) is 4.31 Å². The van der Waals surface area contributed by atoms with E-state index >= 15 is 0 Å². The first-order valence-corrected chi connectivity index (χ1v) is 10.2. The van der Waals surface area contributed by atoms with Crippen molar-refractivity contribution in [1.29, 1.82) is 0 Å². The van der Waals surface area contributed by atoms with Crippen LogP contribution < -0.4 is 10.1 Å². The maximum absolute atomic E-state index is 12.8. The molecule has 0 aromatic heterocycles. The Balaban J connectivity index is 2.00. The first kappa shape index (κ1) is 21.0. The van der Waals surface area contributed by atoms with Gasteiger partial charge in [-0.3, -0.25) is 4.79 Å². The van der Waals surface area contributed by atoms with E-state index < -0.39 is 10.0 Å². The molecule has 0 spiro atoms. The van der Waals surface area contributed by atoms with Crippen molar-refractivity contribution in [3.63, 3.8) is 0 Å². The van der Waals surface area contributed by atoms with Gasteiger partial charge in [0.25, 0.3) is 0 Å². The number of amides is 1. The van der Waals surface area contributed by atoms with E-state index in [1.807, 2.05) is 6.92 Å². The molecule has 1 aliphatic heterocycles. The lowest BCUT2D eigenvalue weighted by Crippen LogP contribution is -2.45. The van der Waals surface area contributed by atoms with Gasteiger partial charge >= 0.3 is 0 Å². The van der Waals surface area contributed by atoms with Crippen LogP contribution in [0.15, 0.2) is 23.1 Å². The van der Waals surface area contributed by atoms with Crippen molar-refractivity contribution in [3.8, 4) is 5.75 Å². The summed E-state index contributed by atoms with van der Waals surface area (Å²) in [6.45, 7) is 2.90. The Labute approximate surface area is 159 Å². The molecule has 2 rings (SSSR count). The Morgan fingerprint density at radius 1 is 1.35 bits per heavy atom. The van der Waals surface area contributed by atoms with E-state index in [2.05, 4.69) is 5.32 Å². The highest BCUT2D eigenvalue weighted by atomic mass is 35.5. The minimum Gasteiger partial charge on any atom is -0.495 e. The summed E-state index contributed by atoms with van der Waals surface area (Å²) in [6, 6.07) is 4.33. The molecule has 0 bridgehead atoms. The predicted octanol–water partition coefficient (Wildman–Crippen LogP) is 1.90. The van der Waals surface area contributed by atoms with Crippen LogP contribution in [0.4, 0.5) is 0 Å². The van der Waals surface area contributed by atoms with Gasteiger partial charge in [-0.15, -0.1) is 0 Å². The van der Waals surface area contributed by atoms with Gasteiger partial charge in [-0.1, -0.05) is 11.6 Å². The number of ether oxygens (including phenoxy) is 2. The maximum atomic E-state index is 12.8. The summed E-state index contributed by atoms with van der Waals surface area (Å²) in [5, 5.41) is 3.14. The Hall–Kier alpha value is -1.35. The van der Waals surface area contributed by atoms with Crippen molar-refractivity contribution in [2.75, 3.05) is 33.9 Å². The number of carbonyl (C=O) groups excluding carboxylic acids is 1. The number of nitrogens with one attached hydrogen (secondary N) is 1. The number of methoxy groups -OCH3 is 2. The molecule has 1 aromatic rings. The number of benzene rings is 1. The minimum atomic E-state index is -3.65. The van der Waals surface area contributed by atoms with Gasteiger partial charge in [0.05, 0.1) is 23.6 Å². The van der Waals surface area contributed by atoms with Crippen molar-refractivity contribution < 1.29 is 22.7 Å². The number of piperidine rings is 1. The molecule has 1 heterocycles. The van der Waals surface area contributed by atoms with Crippen LogP contribution in [0.25, 0.3) is 0 Å². The quantitative estimate of drug-likeness (QED) is 0.750. The van der Waals surface area contributed by atoms with Crippen molar-refractivity contribution in [2.24, 2.45) is 5.92 Å². The lowest BCUT2D eigenvalue weighted by Gasteiger charge is -2.31. The number of hydrogen-bond donors (Lipinski definition) is 1. The Morgan fingerprint density at radius 3 is 2.54 bits per heavy atom. The normalized spacial score (nSPS) is 17.7. The van der Waals surface area contributed by atoms with E-state index in [0.29, 0.717) is 38.3 Å². The van der Waals surface area contributed by atoms with Crippen molar-refractivity contribution in [1.82, 2.24) is 9.62 Å². The zero-order chi connectivity index (χ0) is 19.3. The maximum Gasteiger partial charge on any atom is 0.243 e. The third kappa shape index (κ3) is 4.88. The molecule has 0 aliphatic carbocycles. The van der Waals surface area contributed by atoms with Gasteiger partial charge in [0.1, 0.15) is 5.75 Å². The highest BCUT2D eigenvalue weighted by molar-refractivity contribution is 7.89. The van der Waals surface area contributed by atoms with Crippen LogP contribution in [0.1, 0.15) is 19.8 Å². The summed E-state index contributed by atoms with van der Waals surface area (Å²) in [4.78, 5) is 12.4. The van der Waals surface area contributed by atoms with Crippen LogP contribution in [0.2, 0.25) is 5.02 Å². The molecule has 146 valence electrons. The third-order valence-electron chi connectivity index (χ3n) is 4.39. The predicted molar refractivity (Wildman–Crippen MR) is 99.0 cm³/mol. The lowest BCUT2D eigenvalue weighted by atomic mass is 9.97. The summed E-state index contributed by atoms with van der Waals surface area (Å²) >= 11 is 6.04. The summed E-state index contributed by atoms with van der Waals surface area (Å²) in [7, 11) is -0.597. The molecule has 9 heteroatoms. The Kier molecular flexibility index (Phi) is 7.28. The number of halogens is 1. The number of hydrogen-bond acceptors (Lipinski definition) is 5. The fourth-order valence-corrected chi connectivity index (χ4v) is 4.79. The Bertz CT molecular complexity index is 733. The minimum absolute atomic E-state index is 0.0564. The standard InChI is InChI=1S/C17H25ClN2O5S/c1-12(11-24-2)19-17(21)13-6-8-20(9-7-13)26(22,23)14-4-5-16(25-3)15(18)10-14/h4-5,10,12-13H,6-9,11H2,1-3H3,(H,19,21)/t12-/m1/s1.